The summed E-state index contributed by atoms with van der Waals surface area (Å²) < 4.78 is 0. The van der Waals surface area contributed by atoms with Crippen molar-refractivity contribution in [3.05, 3.63) is 28.0 Å². The Morgan fingerprint density at radius 2 is 1.83 bits per heavy atom. The van der Waals surface area contributed by atoms with Gasteiger partial charge in [-0.05, 0) is 39.8 Å². The predicted molar refractivity (Wildman–Crippen MR) is 72.1 cm³/mol. The fourth-order valence-corrected chi connectivity index (χ4v) is 1.41. The molecule has 0 fully saturated rings. The number of carbonyl (C=O) groups excluding carboxylic acids is 1. The van der Waals surface area contributed by atoms with Gasteiger partial charge >= 0.3 is 0 Å². The molecule has 1 aromatic heterocycles. The first-order chi connectivity index (χ1) is 8.04. The van der Waals surface area contributed by atoms with E-state index in [1.165, 1.54) is 12.1 Å². The van der Waals surface area contributed by atoms with Crippen molar-refractivity contribution in [1.29, 1.82) is 0 Å². The summed E-state index contributed by atoms with van der Waals surface area (Å²) in [4.78, 5) is 15.9. The molecule has 0 spiro atoms. The maximum atomic E-state index is 12.1. The molecule has 0 bridgehead atoms. The number of hydrogen-bond acceptors (Lipinski definition) is 3. The van der Waals surface area contributed by atoms with Crippen LogP contribution in [0.15, 0.2) is 12.1 Å². The Bertz CT molecular complexity index is 468. The summed E-state index contributed by atoms with van der Waals surface area (Å²) in [6.45, 7) is 6.65. The van der Waals surface area contributed by atoms with E-state index in [0.717, 1.165) is 0 Å². The number of rotatable bonds is 3. The topological polar surface area (TPSA) is 62.2 Å². The minimum Gasteiger partial charge on any atom is -0.388 e. The van der Waals surface area contributed by atoms with Crippen molar-refractivity contribution in [3.63, 3.8) is 0 Å². The summed E-state index contributed by atoms with van der Waals surface area (Å²) in [5.41, 5.74) is -1.88. The van der Waals surface area contributed by atoms with Gasteiger partial charge in [0.05, 0.1) is 16.2 Å². The Hall–Kier alpha value is -0.840. The van der Waals surface area contributed by atoms with E-state index in [0.29, 0.717) is 0 Å². The molecule has 0 unspecified atom stereocenters. The van der Waals surface area contributed by atoms with Gasteiger partial charge in [-0.3, -0.25) is 4.79 Å². The maximum Gasteiger partial charge on any atom is 0.272 e. The first-order valence-electron chi connectivity index (χ1n) is 5.41. The highest BCUT2D eigenvalue weighted by molar-refractivity contribution is 6.34. The van der Waals surface area contributed by atoms with E-state index in [4.69, 9.17) is 23.2 Å². The fraction of sp³-hybridized carbons (Fsp3) is 0.500. The Kier molecular flexibility index (Phi) is 4.26. The largest absolute Gasteiger partial charge is 0.388 e. The number of aliphatic hydroxyl groups is 1. The van der Waals surface area contributed by atoms with Gasteiger partial charge in [-0.1, -0.05) is 23.2 Å². The predicted octanol–water partition coefficient (Wildman–Crippen LogP) is 2.67. The summed E-state index contributed by atoms with van der Waals surface area (Å²) in [7, 11) is 0. The Balaban J connectivity index is 3.00. The SMILES string of the molecule is CC(C)(O)C(C)(C)NC(=O)c1nc(Cl)ccc1Cl. The lowest BCUT2D eigenvalue weighted by Crippen LogP contribution is -2.57. The summed E-state index contributed by atoms with van der Waals surface area (Å²) in [6, 6.07) is 3.00. The number of nitrogens with one attached hydrogen (secondary N) is 1. The summed E-state index contributed by atoms with van der Waals surface area (Å²) in [5.74, 6) is -0.477. The molecule has 4 nitrogen and oxygen atoms in total. The van der Waals surface area contributed by atoms with Crippen LogP contribution in [0.2, 0.25) is 10.2 Å². The summed E-state index contributed by atoms with van der Waals surface area (Å²) >= 11 is 11.6. The monoisotopic (exact) mass is 290 g/mol. The van der Waals surface area contributed by atoms with Gasteiger partial charge in [-0.25, -0.2) is 4.98 Å². The third-order valence-corrected chi connectivity index (χ3v) is 3.50. The molecular weight excluding hydrogens is 275 g/mol. The average Bonchev–Trinajstić information content (AvgIpc) is 2.19. The Labute approximate surface area is 116 Å². The molecule has 1 amide bonds. The van der Waals surface area contributed by atoms with E-state index < -0.39 is 17.0 Å². The van der Waals surface area contributed by atoms with Crippen molar-refractivity contribution in [1.82, 2.24) is 10.3 Å². The number of nitrogens with zero attached hydrogens (tertiary/aromatic N) is 1. The molecule has 0 radical (unpaired) electrons. The van der Waals surface area contributed by atoms with Crippen LogP contribution in [0.5, 0.6) is 0 Å². The minimum atomic E-state index is -1.09. The Morgan fingerprint density at radius 3 is 2.33 bits per heavy atom. The molecule has 1 rings (SSSR count). The van der Waals surface area contributed by atoms with Crippen molar-refractivity contribution < 1.29 is 9.90 Å². The van der Waals surface area contributed by atoms with E-state index in [-0.39, 0.29) is 15.9 Å². The van der Waals surface area contributed by atoms with Gasteiger partial charge in [0, 0.05) is 0 Å². The molecule has 1 heterocycles. The van der Waals surface area contributed by atoms with E-state index in [1.54, 1.807) is 27.7 Å². The molecule has 0 saturated carbocycles. The molecule has 0 aliphatic rings. The molecule has 1 aromatic rings. The van der Waals surface area contributed by atoms with Crippen LogP contribution in [-0.2, 0) is 0 Å². The molecule has 0 aliphatic carbocycles. The smallest absolute Gasteiger partial charge is 0.272 e. The molecule has 0 aromatic carbocycles. The highest BCUT2D eigenvalue weighted by Gasteiger charge is 2.37. The lowest BCUT2D eigenvalue weighted by atomic mass is 9.86. The molecule has 0 aliphatic heterocycles. The van der Waals surface area contributed by atoms with Crippen LogP contribution in [-0.4, -0.2) is 27.1 Å². The molecule has 0 atom stereocenters. The molecular formula is C12H16Cl2N2O2. The van der Waals surface area contributed by atoms with Gasteiger partial charge < -0.3 is 10.4 Å². The number of pyridine rings is 1. The van der Waals surface area contributed by atoms with Gasteiger partial charge in [0.2, 0.25) is 0 Å². The van der Waals surface area contributed by atoms with Crippen molar-refractivity contribution in [2.45, 2.75) is 38.8 Å². The third-order valence-electron chi connectivity index (χ3n) is 2.98. The van der Waals surface area contributed by atoms with Crippen molar-refractivity contribution in [2.75, 3.05) is 0 Å². The normalized spacial score (nSPS) is 12.4. The van der Waals surface area contributed by atoms with E-state index in [2.05, 4.69) is 10.3 Å². The molecule has 2 N–H and O–H groups in total. The van der Waals surface area contributed by atoms with E-state index >= 15 is 0 Å². The highest BCUT2D eigenvalue weighted by Crippen LogP contribution is 2.23. The zero-order valence-electron chi connectivity index (χ0n) is 10.7. The summed E-state index contributed by atoms with van der Waals surface area (Å²) in [6.07, 6.45) is 0. The maximum absolute atomic E-state index is 12.1. The van der Waals surface area contributed by atoms with Crippen LogP contribution in [0.25, 0.3) is 0 Å². The van der Waals surface area contributed by atoms with Crippen molar-refractivity contribution >= 4 is 29.1 Å². The molecule has 6 heteroatoms. The number of amides is 1. The number of carbonyl (C=O) groups is 1. The number of hydrogen-bond donors (Lipinski definition) is 2. The van der Waals surface area contributed by atoms with Crippen molar-refractivity contribution in [3.8, 4) is 0 Å². The second-order valence-corrected chi connectivity index (χ2v) is 5.90. The lowest BCUT2D eigenvalue weighted by molar-refractivity contribution is -0.00302. The quantitative estimate of drug-likeness (QED) is 0.842. The van der Waals surface area contributed by atoms with Crippen LogP contribution in [0.4, 0.5) is 0 Å². The fourth-order valence-electron chi connectivity index (χ4n) is 1.07. The lowest BCUT2D eigenvalue weighted by Gasteiger charge is -2.37. The molecule has 18 heavy (non-hydrogen) atoms. The third kappa shape index (κ3) is 3.34. The summed E-state index contributed by atoms with van der Waals surface area (Å²) in [5, 5.41) is 13.1. The van der Waals surface area contributed by atoms with Crippen LogP contribution in [0.1, 0.15) is 38.2 Å². The van der Waals surface area contributed by atoms with Gasteiger partial charge in [0.25, 0.3) is 5.91 Å². The Morgan fingerprint density at radius 1 is 1.28 bits per heavy atom. The first-order valence-corrected chi connectivity index (χ1v) is 6.17. The van der Waals surface area contributed by atoms with Crippen LogP contribution in [0.3, 0.4) is 0 Å². The van der Waals surface area contributed by atoms with Gasteiger partial charge in [-0.2, -0.15) is 0 Å². The van der Waals surface area contributed by atoms with Gasteiger partial charge in [0.15, 0.2) is 0 Å². The highest BCUT2D eigenvalue weighted by atomic mass is 35.5. The minimum absolute atomic E-state index is 0.0430. The average molecular weight is 291 g/mol. The van der Waals surface area contributed by atoms with Crippen LogP contribution >= 0.6 is 23.2 Å². The molecule has 100 valence electrons. The van der Waals surface area contributed by atoms with E-state index in [1.807, 2.05) is 0 Å². The van der Waals surface area contributed by atoms with Crippen molar-refractivity contribution in [2.24, 2.45) is 0 Å². The number of halogens is 2. The zero-order chi connectivity index (χ0) is 14.1. The zero-order valence-corrected chi connectivity index (χ0v) is 12.2. The van der Waals surface area contributed by atoms with Gasteiger partial charge in [0.1, 0.15) is 10.8 Å². The standard InChI is InChI=1S/C12H16Cl2N2O2/c1-11(2,12(3,4)18)16-10(17)9-7(13)5-6-8(14)15-9/h5-6,18H,1-4H3,(H,16,17). The second kappa shape index (κ2) is 5.03. The molecule has 0 saturated heterocycles. The van der Waals surface area contributed by atoms with Crippen LogP contribution < -0.4 is 5.32 Å². The number of aromatic nitrogens is 1. The van der Waals surface area contributed by atoms with E-state index in [9.17, 15) is 9.90 Å². The second-order valence-electron chi connectivity index (χ2n) is 5.10. The van der Waals surface area contributed by atoms with Crippen LogP contribution in [0, 0.1) is 0 Å². The first kappa shape index (κ1) is 15.2. The van der Waals surface area contributed by atoms with Gasteiger partial charge in [-0.15, -0.1) is 0 Å².